The van der Waals surface area contributed by atoms with Crippen LogP contribution in [-0.4, -0.2) is 40.0 Å². The number of carbonyl (C=O) groups is 1. The van der Waals surface area contributed by atoms with E-state index in [1.807, 2.05) is 19.1 Å². The Hall–Kier alpha value is -2.38. The van der Waals surface area contributed by atoms with Gasteiger partial charge < -0.3 is 10.6 Å². The van der Waals surface area contributed by atoms with Crippen molar-refractivity contribution in [2.24, 2.45) is 0 Å². The number of carbonyl (C=O) groups excluding carboxylic acids is 1. The van der Waals surface area contributed by atoms with Crippen LogP contribution in [0.1, 0.15) is 43.1 Å². The summed E-state index contributed by atoms with van der Waals surface area (Å²) < 4.78 is 27.2. The summed E-state index contributed by atoms with van der Waals surface area (Å²) in [7, 11) is -2.25. The lowest BCUT2D eigenvalue weighted by molar-refractivity contribution is 0.0953. The second kappa shape index (κ2) is 9.41. The number of anilines is 1. The van der Waals surface area contributed by atoms with E-state index in [2.05, 4.69) is 31.4 Å². The molecule has 0 aliphatic heterocycles. The molecule has 0 saturated carbocycles. The third-order valence-corrected chi connectivity index (χ3v) is 6.23. The summed E-state index contributed by atoms with van der Waals surface area (Å²) in [5.74, 6) is -0.282. The fourth-order valence-corrected chi connectivity index (χ4v) is 3.95. The van der Waals surface area contributed by atoms with E-state index in [4.69, 9.17) is 0 Å². The van der Waals surface area contributed by atoms with Crippen LogP contribution in [0.25, 0.3) is 0 Å². The van der Waals surface area contributed by atoms with E-state index in [9.17, 15) is 13.2 Å². The third-order valence-electron chi connectivity index (χ3n) is 4.45. The van der Waals surface area contributed by atoms with Gasteiger partial charge in [-0.05, 0) is 71.0 Å². The fourth-order valence-electron chi connectivity index (χ4n) is 2.71. The number of hydrogen-bond acceptors (Lipinski definition) is 4. The minimum Gasteiger partial charge on any atom is -0.352 e. The highest BCUT2D eigenvalue weighted by Crippen LogP contribution is 2.23. The zero-order valence-electron chi connectivity index (χ0n) is 17.8. The predicted molar refractivity (Wildman–Crippen MR) is 118 cm³/mol. The molecule has 158 valence electrons. The van der Waals surface area contributed by atoms with Crippen LogP contribution >= 0.6 is 0 Å². The lowest BCUT2D eigenvalue weighted by atomic mass is 10.1. The van der Waals surface area contributed by atoms with Crippen LogP contribution in [0.15, 0.2) is 53.4 Å². The number of benzene rings is 2. The smallest absolute Gasteiger partial charge is 0.264 e. The molecule has 2 aromatic rings. The largest absolute Gasteiger partial charge is 0.352 e. The Morgan fingerprint density at radius 2 is 1.69 bits per heavy atom. The highest BCUT2D eigenvalue weighted by atomic mass is 32.2. The molecule has 0 aliphatic rings. The second-order valence-corrected chi connectivity index (χ2v) is 10.1. The van der Waals surface area contributed by atoms with Gasteiger partial charge in [0.1, 0.15) is 0 Å². The third kappa shape index (κ3) is 6.58. The van der Waals surface area contributed by atoms with Gasteiger partial charge in [0, 0.05) is 24.7 Å². The Morgan fingerprint density at radius 3 is 2.31 bits per heavy atom. The van der Waals surface area contributed by atoms with Crippen molar-refractivity contribution in [3.8, 4) is 0 Å². The molecule has 0 heterocycles. The van der Waals surface area contributed by atoms with Crippen molar-refractivity contribution in [3.05, 3.63) is 59.7 Å². The summed E-state index contributed by atoms with van der Waals surface area (Å²) in [6.07, 6.45) is 0.789. The molecule has 0 radical (unpaired) electrons. The number of rotatable bonds is 8. The molecule has 7 heteroatoms. The summed E-state index contributed by atoms with van der Waals surface area (Å²) >= 11 is 0. The standard InChI is InChI=1S/C22H31N3O3S/c1-17-10-12-19(13-11-17)25(5)29(27,28)20-9-6-8-18(16-20)21(26)23-14-7-15-24-22(2,3)4/h6,8-13,16,24H,7,14-15H2,1-5H3,(H,23,26). The van der Waals surface area contributed by atoms with Crippen molar-refractivity contribution >= 4 is 21.6 Å². The molecule has 0 saturated heterocycles. The molecule has 0 unspecified atom stereocenters. The predicted octanol–water partition coefficient (Wildman–Crippen LogP) is 3.33. The molecule has 1 amide bonds. The molecule has 0 atom stereocenters. The van der Waals surface area contributed by atoms with E-state index in [1.165, 1.54) is 23.5 Å². The summed E-state index contributed by atoms with van der Waals surface area (Å²) in [5.41, 5.74) is 1.98. The molecule has 29 heavy (non-hydrogen) atoms. The SMILES string of the molecule is Cc1ccc(N(C)S(=O)(=O)c2cccc(C(=O)NCCCNC(C)(C)C)c2)cc1. The number of amides is 1. The molecule has 2 N–H and O–H groups in total. The van der Waals surface area contributed by atoms with Crippen LogP contribution in [0.2, 0.25) is 0 Å². The highest BCUT2D eigenvalue weighted by molar-refractivity contribution is 7.92. The molecule has 0 fully saturated rings. The van der Waals surface area contributed by atoms with E-state index in [-0.39, 0.29) is 16.3 Å². The van der Waals surface area contributed by atoms with Crippen molar-refractivity contribution in [1.29, 1.82) is 0 Å². The van der Waals surface area contributed by atoms with Gasteiger partial charge in [0.25, 0.3) is 15.9 Å². The van der Waals surface area contributed by atoms with Gasteiger partial charge in [-0.15, -0.1) is 0 Å². The minimum absolute atomic E-state index is 0.0379. The monoisotopic (exact) mass is 417 g/mol. The van der Waals surface area contributed by atoms with Gasteiger partial charge >= 0.3 is 0 Å². The Kier molecular flexibility index (Phi) is 7.43. The van der Waals surface area contributed by atoms with Crippen LogP contribution in [0, 0.1) is 6.92 Å². The molecule has 2 rings (SSSR count). The van der Waals surface area contributed by atoms with Gasteiger partial charge in [-0.25, -0.2) is 8.42 Å². The van der Waals surface area contributed by atoms with Gasteiger partial charge in [0.2, 0.25) is 0 Å². The Morgan fingerprint density at radius 1 is 1.03 bits per heavy atom. The molecular weight excluding hydrogens is 386 g/mol. The Bertz CT molecular complexity index is 933. The lowest BCUT2D eigenvalue weighted by Gasteiger charge is -2.20. The van der Waals surface area contributed by atoms with Crippen LogP contribution in [-0.2, 0) is 10.0 Å². The van der Waals surface area contributed by atoms with Crippen molar-refractivity contribution in [3.63, 3.8) is 0 Å². The number of nitrogens with one attached hydrogen (secondary N) is 2. The normalized spacial score (nSPS) is 11.9. The number of sulfonamides is 1. The average molecular weight is 418 g/mol. The summed E-state index contributed by atoms with van der Waals surface area (Å²) in [4.78, 5) is 12.5. The Balaban J connectivity index is 2.05. The van der Waals surface area contributed by atoms with Crippen molar-refractivity contribution < 1.29 is 13.2 Å². The molecule has 6 nitrogen and oxygen atoms in total. The zero-order valence-corrected chi connectivity index (χ0v) is 18.6. The fraction of sp³-hybridized carbons (Fsp3) is 0.409. The molecule has 0 bridgehead atoms. The first kappa shape index (κ1) is 22.9. The van der Waals surface area contributed by atoms with Crippen molar-refractivity contribution in [2.45, 2.75) is 44.6 Å². The van der Waals surface area contributed by atoms with Crippen LogP contribution < -0.4 is 14.9 Å². The maximum absolute atomic E-state index is 13.0. The molecule has 0 spiro atoms. The first-order valence-corrected chi connectivity index (χ1v) is 11.1. The van der Waals surface area contributed by atoms with E-state index in [0.717, 1.165) is 18.5 Å². The van der Waals surface area contributed by atoms with Gasteiger partial charge in [0.05, 0.1) is 10.6 Å². The zero-order chi connectivity index (χ0) is 21.7. The molecular formula is C22H31N3O3S. The van der Waals surface area contributed by atoms with E-state index in [1.54, 1.807) is 24.3 Å². The van der Waals surface area contributed by atoms with E-state index in [0.29, 0.717) is 17.8 Å². The van der Waals surface area contributed by atoms with E-state index < -0.39 is 10.0 Å². The van der Waals surface area contributed by atoms with Crippen LogP contribution in [0.3, 0.4) is 0 Å². The van der Waals surface area contributed by atoms with Gasteiger partial charge in [0.15, 0.2) is 0 Å². The number of hydrogen-bond donors (Lipinski definition) is 2. The second-order valence-electron chi connectivity index (χ2n) is 8.12. The quantitative estimate of drug-likeness (QED) is 0.646. The van der Waals surface area contributed by atoms with Gasteiger partial charge in [-0.1, -0.05) is 23.8 Å². The van der Waals surface area contributed by atoms with Crippen LogP contribution in [0.5, 0.6) is 0 Å². The Labute approximate surface area is 174 Å². The van der Waals surface area contributed by atoms with E-state index >= 15 is 0 Å². The first-order chi connectivity index (χ1) is 13.5. The number of nitrogens with zero attached hydrogens (tertiary/aromatic N) is 1. The van der Waals surface area contributed by atoms with Gasteiger partial charge in [-0.3, -0.25) is 9.10 Å². The molecule has 2 aromatic carbocycles. The van der Waals surface area contributed by atoms with Crippen LogP contribution in [0.4, 0.5) is 5.69 Å². The molecule has 0 aliphatic carbocycles. The summed E-state index contributed by atoms with van der Waals surface area (Å²) in [5, 5.41) is 6.20. The topological polar surface area (TPSA) is 78.5 Å². The first-order valence-electron chi connectivity index (χ1n) is 9.69. The van der Waals surface area contributed by atoms with Crippen molar-refractivity contribution in [2.75, 3.05) is 24.4 Å². The van der Waals surface area contributed by atoms with Gasteiger partial charge in [-0.2, -0.15) is 0 Å². The molecule has 0 aromatic heterocycles. The summed E-state index contributed by atoms with van der Waals surface area (Å²) in [6, 6.07) is 13.4. The average Bonchev–Trinajstić information content (AvgIpc) is 2.66. The summed E-state index contributed by atoms with van der Waals surface area (Å²) in [6.45, 7) is 9.52. The number of aryl methyl sites for hydroxylation is 1. The minimum atomic E-state index is -3.76. The maximum Gasteiger partial charge on any atom is 0.264 e. The van der Waals surface area contributed by atoms with Crippen molar-refractivity contribution in [1.82, 2.24) is 10.6 Å². The lowest BCUT2D eigenvalue weighted by Crippen LogP contribution is -2.37. The highest BCUT2D eigenvalue weighted by Gasteiger charge is 2.22. The maximum atomic E-state index is 13.0.